The van der Waals surface area contributed by atoms with Crippen LogP contribution in [-0.4, -0.2) is 23.7 Å². The zero-order valence-corrected chi connectivity index (χ0v) is 19.6. The first-order valence-corrected chi connectivity index (χ1v) is 12.4. The van der Waals surface area contributed by atoms with Crippen molar-refractivity contribution < 1.29 is 14.3 Å². The Morgan fingerprint density at radius 1 is 0.750 bits per heavy atom. The summed E-state index contributed by atoms with van der Waals surface area (Å²) in [5, 5.41) is 0. The number of carbonyl (C=O) groups excluding carboxylic acids is 2. The van der Waals surface area contributed by atoms with E-state index in [-0.39, 0.29) is 0 Å². The summed E-state index contributed by atoms with van der Waals surface area (Å²) >= 11 is 2.93. The van der Waals surface area contributed by atoms with Crippen LogP contribution in [0.25, 0.3) is 26.8 Å². The minimum atomic E-state index is 0.695. The molecule has 0 spiro atoms. The molecule has 0 amide bonds. The Hall–Kier alpha value is -2.96. The second-order valence-electron chi connectivity index (χ2n) is 7.48. The smallest absolute Gasteiger partial charge is 0.160 e. The molecule has 3 aromatic heterocycles. The lowest BCUT2D eigenvalue weighted by molar-refractivity contribution is 0.111. The second kappa shape index (κ2) is 10.6. The highest BCUT2D eigenvalue weighted by molar-refractivity contribution is 7.17. The molecule has 4 rings (SSSR count). The molecule has 1 aromatic carbocycles. The van der Waals surface area contributed by atoms with Gasteiger partial charge >= 0.3 is 0 Å². The lowest BCUT2D eigenvalue weighted by atomic mass is 10.2. The number of aromatic nitrogens is 1. The quantitative estimate of drug-likeness (QED) is 0.171. The molecule has 0 bridgehead atoms. The van der Waals surface area contributed by atoms with E-state index < -0.39 is 0 Å². The fourth-order valence-electron chi connectivity index (χ4n) is 3.62. The third-order valence-electron chi connectivity index (χ3n) is 5.23. The van der Waals surface area contributed by atoms with Crippen LogP contribution < -0.4 is 4.74 Å². The van der Waals surface area contributed by atoms with Crippen molar-refractivity contribution in [1.82, 2.24) is 4.57 Å². The Bertz CT molecular complexity index is 1120. The molecule has 32 heavy (non-hydrogen) atoms. The first-order valence-electron chi connectivity index (χ1n) is 10.8. The molecule has 6 heteroatoms. The third-order valence-corrected chi connectivity index (χ3v) is 7.30. The molecule has 0 atom stereocenters. The van der Waals surface area contributed by atoms with E-state index in [9.17, 15) is 9.59 Å². The van der Waals surface area contributed by atoms with E-state index in [0.29, 0.717) is 9.75 Å². The monoisotopic (exact) mass is 463 g/mol. The lowest BCUT2D eigenvalue weighted by Crippen LogP contribution is -2.00. The summed E-state index contributed by atoms with van der Waals surface area (Å²) in [4.78, 5) is 25.8. The van der Waals surface area contributed by atoms with Crippen molar-refractivity contribution in [2.75, 3.05) is 6.61 Å². The highest BCUT2D eigenvalue weighted by Crippen LogP contribution is 2.38. The number of ether oxygens (including phenoxy) is 1. The predicted octanol–water partition coefficient (Wildman–Crippen LogP) is 7.52. The van der Waals surface area contributed by atoms with Crippen molar-refractivity contribution in [1.29, 1.82) is 0 Å². The Balaban J connectivity index is 1.66. The summed E-state index contributed by atoms with van der Waals surface area (Å²) in [7, 11) is 0. The maximum absolute atomic E-state index is 11.2. The molecule has 0 unspecified atom stereocenters. The van der Waals surface area contributed by atoms with Crippen molar-refractivity contribution >= 4 is 35.2 Å². The standard InChI is InChI=1S/C26H25NO3S2/c1-2-3-4-5-16-30-20-8-6-19(7-9-20)27-23(25-14-10-21(17-28)31-25)12-13-24(27)26-15-11-22(18-29)32-26/h6-15,17-18H,2-5,16H2,1H3. The van der Waals surface area contributed by atoms with Gasteiger partial charge in [0.2, 0.25) is 0 Å². The minimum Gasteiger partial charge on any atom is -0.494 e. The SMILES string of the molecule is CCCCCCOc1ccc(-n2c(-c3ccc(C=O)s3)ccc2-c2ccc(C=O)s2)cc1. The number of rotatable bonds is 11. The Kier molecular flexibility index (Phi) is 7.35. The molecule has 0 saturated heterocycles. The third kappa shape index (κ3) is 4.92. The van der Waals surface area contributed by atoms with Crippen LogP contribution >= 0.6 is 22.7 Å². The summed E-state index contributed by atoms with van der Waals surface area (Å²) < 4.78 is 8.08. The Morgan fingerprint density at radius 2 is 1.34 bits per heavy atom. The van der Waals surface area contributed by atoms with Gasteiger partial charge in [0.25, 0.3) is 0 Å². The average molecular weight is 464 g/mol. The summed E-state index contributed by atoms with van der Waals surface area (Å²) in [5.74, 6) is 0.860. The van der Waals surface area contributed by atoms with Crippen LogP contribution in [0.15, 0.2) is 60.7 Å². The molecule has 3 heterocycles. The van der Waals surface area contributed by atoms with Gasteiger partial charge in [-0.15, -0.1) is 22.7 Å². The van der Waals surface area contributed by atoms with Gasteiger partial charge in [0.15, 0.2) is 12.6 Å². The maximum Gasteiger partial charge on any atom is 0.160 e. The van der Waals surface area contributed by atoms with Gasteiger partial charge in [-0.2, -0.15) is 0 Å². The van der Waals surface area contributed by atoms with Crippen LogP contribution in [0.4, 0.5) is 0 Å². The molecular weight excluding hydrogens is 438 g/mol. The van der Waals surface area contributed by atoms with Gasteiger partial charge in [0.05, 0.1) is 37.5 Å². The Labute approximate surface area is 196 Å². The normalized spacial score (nSPS) is 10.9. The topological polar surface area (TPSA) is 48.3 Å². The van der Waals surface area contributed by atoms with Crippen LogP contribution in [0.3, 0.4) is 0 Å². The molecule has 0 saturated carbocycles. The highest BCUT2D eigenvalue weighted by atomic mass is 32.1. The van der Waals surface area contributed by atoms with Crippen molar-refractivity contribution in [2.24, 2.45) is 0 Å². The molecule has 0 N–H and O–H groups in total. The van der Waals surface area contributed by atoms with Gasteiger partial charge in [0.1, 0.15) is 5.75 Å². The molecular formula is C26H25NO3S2. The minimum absolute atomic E-state index is 0.695. The van der Waals surface area contributed by atoms with E-state index in [1.54, 1.807) is 0 Å². The largest absolute Gasteiger partial charge is 0.494 e. The molecule has 4 nitrogen and oxygen atoms in total. The fourth-order valence-corrected chi connectivity index (χ4v) is 5.29. The summed E-state index contributed by atoms with van der Waals surface area (Å²) in [6.45, 7) is 2.93. The molecule has 0 aliphatic rings. The van der Waals surface area contributed by atoms with E-state index >= 15 is 0 Å². The van der Waals surface area contributed by atoms with Crippen LogP contribution in [0.5, 0.6) is 5.75 Å². The van der Waals surface area contributed by atoms with Gasteiger partial charge in [-0.05, 0) is 67.1 Å². The van der Waals surface area contributed by atoms with Gasteiger partial charge in [0, 0.05) is 5.69 Å². The predicted molar refractivity (Wildman–Crippen MR) is 133 cm³/mol. The van der Waals surface area contributed by atoms with E-state index in [1.165, 1.54) is 41.9 Å². The van der Waals surface area contributed by atoms with E-state index in [0.717, 1.165) is 58.2 Å². The number of nitrogens with zero attached hydrogens (tertiary/aromatic N) is 1. The maximum atomic E-state index is 11.2. The summed E-state index contributed by atoms with van der Waals surface area (Å²) in [6.07, 6.45) is 6.47. The fraction of sp³-hybridized carbons (Fsp3) is 0.231. The zero-order valence-electron chi connectivity index (χ0n) is 18.0. The molecule has 0 aliphatic carbocycles. The van der Waals surface area contributed by atoms with E-state index in [2.05, 4.69) is 35.8 Å². The average Bonchev–Trinajstić information content (AvgIpc) is 3.58. The first-order chi connectivity index (χ1) is 15.7. The number of hydrogen-bond acceptors (Lipinski definition) is 5. The first kappa shape index (κ1) is 22.2. The number of unbranched alkanes of at least 4 members (excludes halogenated alkanes) is 3. The van der Waals surface area contributed by atoms with Crippen LogP contribution in [-0.2, 0) is 0 Å². The van der Waals surface area contributed by atoms with Gasteiger partial charge in [-0.1, -0.05) is 26.2 Å². The zero-order chi connectivity index (χ0) is 22.3. The van der Waals surface area contributed by atoms with E-state index in [1.807, 2.05) is 36.4 Å². The number of hydrogen-bond donors (Lipinski definition) is 0. The number of benzene rings is 1. The van der Waals surface area contributed by atoms with Crippen LogP contribution in [0, 0.1) is 0 Å². The van der Waals surface area contributed by atoms with Crippen molar-refractivity contribution in [3.05, 3.63) is 70.4 Å². The number of carbonyl (C=O) groups is 2. The number of thiophene rings is 2. The summed E-state index contributed by atoms with van der Waals surface area (Å²) in [5.41, 5.74) is 3.01. The molecule has 0 radical (unpaired) electrons. The molecule has 0 aliphatic heterocycles. The molecule has 164 valence electrons. The van der Waals surface area contributed by atoms with Crippen molar-refractivity contribution in [2.45, 2.75) is 32.6 Å². The number of aldehydes is 2. The van der Waals surface area contributed by atoms with Crippen molar-refractivity contribution in [3.63, 3.8) is 0 Å². The lowest BCUT2D eigenvalue weighted by Gasteiger charge is -2.14. The second-order valence-corrected chi connectivity index (χ2v) is 9.71. The van der Waals surface area contributed by atoms with Gasteiger partial charge < -0.3 is 9.30 Å². The van der Waals surface area contributed by atoms with Gasteiger partial charge in [-0.25, -0.2) is 0 Å². The molecule has 4 aromatic rings. The highest BCUT2D eigenvalue weighted by Gasteiger charge is 2.16. The Morgan fingerprint density at radius 3 is 1.84 bits per heavy atom. The summed E-state index contributed by atoms with van der Waals surface area (Å²) in [6, 6.07) is 19.9. The van der Waals surface area contributed by atoms with E-state index in [4.69, 9.17) is 4.74 Å². The van der Waals surface area contributed by atoms with Crippen molar-refractivity contribution in [3.8, 4) is 32.6 Å². The molecule has 0 fully saturated rings. The van der Waals surface area contributed by atoms with Crippen LogP contribution in [0.2, 0.25) is 0 Å². The van der Waals surface area contributed by atoms with Gasteiger partial charge in [-0.3, -0.25) is 9.59 Å². The van der Waals surface area contributed by atoms with Crippen LogP contribution in [0.1, 0.15) is 52.0 Å².